The van der Waals surface area contributed by atoms with Gasteiger partial charge >= 0.3 is 5.97 Å². The van der Waals surface area contributed by atoms with Gasteiger partial charge in [-0.05, 0) is 35.0 Å². The third kappa shape index (κ3) is 3.63. The van der Waals surface area contributed by atoms with Crippen LogP contribution >= 0.6 is 0 Å². The Kier molecular flexibility index (Phi) is 5.39. The molecule has 0 heterocycles. The Morgan fingerprint density at radius 1 is 1.15 bits per heavy atom. The maximum absolute atomic E-state index is 11.4. The Balaban J connectivity index is 2.01. The minimum atomic E-state index is -0.771. The number of rotatable bonds is 7. The van der Waals surface area contributed by atoms with Gasteiger partial charge in [0.15, 0.2) is 6.10 Å². The molecule has 0 aliphatic heterocycles. The van der Waals surface area contributed by atoms with Crippen LogP contribution in [0.15, 0.2) is 61.2 Å². The Hall–Kier alpha value is -3.05. The molecule has 0 saturated carbocycles. The molecule has 0 radical (unpaired) electrons. The highest BCUT2D eigenvalue weighted by Crippen LogP contribution is 2.36. The average Bonchev–Trinajstić information content (AvgIpc) is 2.69. The standard InChI is InChI=1S/C21H20O5/c1-3-20(23)26-17(12-22)13-25-21-18-7-5-4-6-14(18)10-15-11-16(24-2)8-9-19(15)21/h3-11,17,22H,1,12-13H2,2H3. The van der Waals surface area contributed by atoms with Gasteiger partial charge in [-0.25, -0.2) is 4.79 Å². The molecule has 3 aromatic carbocycles. The minimum Gasteiger partial charge on any atom is -0.497 e. The molecule has 3 rings (SSSR count). The Bertz CT molecular complexity index is 948. The molecule has 0 amide bonds. The van der Waals surface area contributed by atoms with Crippen molar-refractivity contribution in [3.63, 3.8) is 0 Å². The summed E-state index contributed by atoms with van der Waals surface area (Å²) in [5, 5.41) is 13.3. The quantitative estimate of drug-likeness (QED) is 0.401. The number of benzene rings is 3. The lowest BCUT2D eigenvalue weighted by molar-refractivity contribution is -0.146. The summed E-state index contributed by atoms with van der Waals surface area (Å²) in [6.45, 7) is 3.05. The van der Waals surface area contributed by atoms with E-state index in [1.807, 2.05) is 42.5 Å². The van der Waals surface area contributed by atoms with E-state index in [-0.39, 0.29) is 13.2 Å². The lowest BCUT2D eigenvalue weighted by Gasteiger charge is -2.18. The molecule has 26 heavy (non-hydrogen) atoms. The molecule has 0 fully saturated rings. The minimum absolute atomic E-state index is 0.0330. The monoisotopic (exact) mass is 352 g/mol. The molecule has 0 aliphatic carbocycles. The molecule has 134 valence electrons. The number of ether oxygens (including phenoxy) is 3. The SMILES string of the molecule is C=CC(=O)OC(CO)COc1c2ccccc2cc2cc(OC)ccc12. The van der Waals surface area contributed by atoms with Gasteiger partial charge < -0.3 is 19.3 Å². The summed E-state index contributed by atoms with van der Waals surface area (Å²) in [5.74, 6) is 0.834. The Morgan fingerprint density at radius 2 is 1.92 bits per heavy atom. The molecule has 0 spiro atoms. The zero-order chi connectivity index (χ0) is 18.5. The highest BCUT2D eigenvalue weighted by atomic mass is 16.6. The number of methoxy groups -OCH3 is 1. The predicted octanol–water partition coefficient (Wildman–Crippen LogP) is 3.47. The lowest BCUT2D eigenvalue weighted by atomic mass is 10.0. The van der Waals surface area contributed by atoms with E-state index >= 15 is 0 Å². The molecule has 0 aromatic heterocycles. The highest BCUT2D eigenvalue weighted by molar-refractivity contribution is 6.05. The molecule has 0 bridgehead atoms. The molecule has 0 aliphatic rings. The van der Waals surface area contributed by atoms with Gasteiger partial charge in [0, 0.05) is 16.8 Å². The topological polar surface area (TPSA) is 65.0 Å². The van der Waals surface area contributed by atoms with Crippen molar-refractivity contribution in [3.05, 3.63) is 61.2 Å². The Labute approximate surface area is 151 Å². The highest BCUT2D eigenvalue weighted by Gasteiger charge is 2.15. The van der Waals surface area contributed by atoms with Gasteiger partial charge in [-0.1, -0.05) is 30.8 Å². The predicted molar refractivity (Wildman–Crippen MR) is 101 cm³/mol. The third-order valence-electron chi connectivity index (χ3n) is 4.09. The van der Waals surface area contributed by atoms with E-state index in [0.717, 1.165) is 33.4 Å². The van der Waals surface area contributed by atoms with Gasteiger partial charge in [0.05, 0.1) is 13.7 Å². The van der Waals surface area contributed by atoms with E-state index in [1.165, 1.54) is 0 Å². The molecule has 0 saturated heterocycles. The van der Waals surface area contributed by atoms with Gasteiger partial charge in [0.25, 0.3) is 0 Å². The van der Waals surface area contributed by atoms with Gasteiger partial charge in [-0.15, -0.1) is 0 Å². The molecule has 3 aromatic rings. The van der Waals surface area contributed by atoms with Crippen molar-refractivity contribution in [2.24, 2.45) is 0 Å². The smallest absolute Gasteiger partial charge is 0.330 e. The maximum Gasteiger partial charge on any atom is 0.330 e. The van der Waals surface area contributed by atoms with E-state index in [0.29, 0.717) is 5.75 Å². The third-order valence-corrected chi connectivity index (χ3v) is 4.09. The van der Waals surface area contributed by atoms with Gasteiger partial charge in [-0.3, -0.25) is 0 Å². The van der Waals surface area contributed by atoms with Crippen molar-refractivity contribution in [3.8, 4) is 11.5 Å². The molecule has 1 unspecified atom stereocenters. The molecule has 1 atom stereocenters. The molecule has 5 heteroatoms. The fraction of sp³-hybridized carbons (Fsp3) is 0.190. The van der Waals surface area contributed by atoms with Crippen LogP contribution in [0.2, 0.25) is 0 Å². The molecule has 1 N–H and O–H groups in total. The summed E-state index contributed by atoms with van der Waals surface area (Å²) in [6.07, 6.45) is 0.287. The first kappa shape index (κ1) is 17.8. The molecule has 5 nitrogen and oxygen atoms in total. The van der Waals surface area contributed by atoms with E-state index in [4.69, 9.17) is 14.2 Å². The van der Waals surface area contributed by atoms with E-state index in [2.05, 4.69) is 12.6 Å². The first-order chi connectivity index (χ1) is 12.7. The molecular weight excluding hydrogens is 332 g/mol. The second-order valence-electron chi connectivity index (χ2n) is 5.77. The summed E-state index contributed by atoms with van der Waals surface area (Å²) < 4.78 is 16.4. The van der Waals surface area contributed by atoms with Crippen LogP contribution in [0, 0.1) is 0 Å². The van der Waals surface area contributed by atoms with Crippen LogP contribution in [0.5, 0.6) is 11.5 Å². The number of fused-ring (bicyclic) bond motifs is 2. The summed E-state index contributed by atoms with van der Waals surface area (Å²) >= 11 is 0. The zero-order valence-corrected chi connectivity index (χ0v) is 14.5. The van der Waals surface area contributed by atoms with Crippen LogP contribution in [-0.4, -0.2) is 37.5 Å². The van der Waals surface area contributed by atoms with E-state index < -0.39 is 12.1 Å². The van der Waals surface area contributed by atoms with Crippen LogP contribution in [0.4, 0.5) is 0 Å². The number of hydrogen-bond donors (Lipinski definition) is 1. The summed E-state index contributed by atoms with van der Waals surface area (Å²) in [6, 6.07) is 15.7. The summed E-state index contributed by atoms with van der Waals surface area (Å²) in [5.41, 5.74) is 0. The number of hydrogen-bond acceptors (Lipinski definition) is 5. The number of carbonyl (C=O) groups excluding carboxylic acids is 1. The maximum atomic E-state index is 11.4. The van der Waals surface area contributed by atoms with Crippen LogP contribution in [0.3, 0.4) is 0 Å². The van der Waals surface area contributed by atoms with Crippen LogP contribution < -0.4 is 9.47 Å². The van der Waals surface area contributed by atoms with Crippen LogP contribution in [0.25, 0.3) is 21.5 Å². The van der Waals surface area contributed by atoms with Gasteiger partial charge in [0.1, 0.15) is 18.1 Å². The number of aliphatic hydroxyl groups excluding tert-OH is 1. The number of carbonyl (C=O) groups is 1. The normalized spacial score (nSPS) is 11.9. The number of esters is 1. The second-order valence-corrected chi connectivity index (χ2v) is 5.77. The second kappa shape index (κ2) is 7.89. The van der Waals surface area contributed by atoms with E-state index in [1.54, 1.807) is 7.11 Å². The largest absolute Gasteiger partial charge is 0.497 e. The van der Waals surface area contributed by atoms with Crippen LogP contribution in [-0.2, 0) is 9.53 Å². The Morgan fingerprint density at radius 3 is 2.65 bits per heavy atom. The van der Waals surface area contributed by atoms with Crippen molar-refractivity contribution < 1.29 is 24.1 Å². The van der Waals surface area contributed by atoms with Gasteiger partial charge in [0.2, 0.25) is 0 Å². The fourth-order valence-corrected chi connectivity index (χ4v) is 2.80. The van der Waals surface area contributed by atoms with Crippen molar-refractivity contribution in [1.82, 2.24) is 0 Å². The first-order valence-corrected chi connectivity index (χ1v) is 8.22. The van der Waals surface area contributed by atoms with Crippen molar-refractivity contribution >= 4 is 27.5 Å². The zero-order valence-electron chi connectivity index (χ0n) is 14.5. The molecular formula is C21H20O5. The fourth-order valence-electron chi connectivity index (χ4n) is 2.80. The van der Waals surface area contributed by atoms with Crippen molar-refractivity contribution in [2.45, 2.75) is 6.10 Å². The van der Waals surface area contributed by atoms with E-state index in [9.17, 15) is 9.90 Å². The number of aliphatic hydroxyl groups is 1. The van der Waals surface area contributed by atoms with Crippen molar-refractivity contribution in [2.75, 3.05) is 20.3 Å². The average molecular weight is 352 g/mol. The first-order valence-electron chi connectivity index (χ1n) is 8.22. The lowest BCUT2D eigenvalue weighted by Crippen LogP contribution is -2.27. The van der Waals surface area contributed by atoms with Crippen molar-refractivity contribution in [1.29, 1.82) is 0 Å². The van der Waals surface area contributed by atoms with Crippen LogP contribution in [0.1, 0.15) is 0 Å². The van der Waals surface area contributed by atoms with Gasteiger partial charge in [-0.2, -0.15) is 0 Å². The summed E-state index contributed by atoms with van der Waals surface area (Å²) in [7, 11) is 1.62. The summed E-state index contributed by atoms with van der Waals surface area (Å²) in [4.78, 5) is 11.4.